The molecule has 0 radical (unpaired) electrons. The largest absolute Gasteiger partial charge is 0.366 e. The average Bonchev–Trinajstić information content (AvgIpc) is 2.60. The zero-order chi connectivity index (χ0) is 17.3. The van der Waals surface area contributed by atoms with Crippen molar-refractivity contribution >= 4 is 33.3 Å². The molecular weight excluding hydrogens is 376 g/mol. The summed E-state index contributed by atoms with van der Waals surface area (Å²) in [6, 6.07) is 3.38. The lowest BCUT2D eigenvalue weighted by molar-refractivity contribution is 0.100. The molecule has 9 heteroatoms. The first kappa shape index (κ1) is 16.4. The van der Waals surface area contributed by atoms with Gasteiger partial charge in [-0.2, -0.15) is 5.10 Å². The van der Waals surface area contributed by atoms with Crippen molar-refractivity contribution in [1.82, 2.24) is 14.8 Å². The number of carbonyl (C=O) groups is 1. The van der Waals surface area contributed by atoms with Crippen LogP contribution in [0.4, 0.5) is 11.5 Å². The maximum Gasteiger partial charge on any atom is 0.282 e. The Morgan fingerprint density at radius 3 is 2.58 bits per heavy atom. The zero-order valence-corrected chi connectivity index (χ0v) is 14.7. The van der Waals surface area contributed by atoms with Crippen molar-refractivity contribution in [2.45, 2.75) is 0 Å². The highest BCUT2D eigenvalue weighted by molar-refractivity contribution is 9.10. The third-order valence-electron chi connectivity index (χ3n) is 4.03. The topological polar surface area (TPSA) is 97.3 Å². The fourth-order valence-corrected chi connectivity index (χ4v) is 3.33. The van der Waals surface area contributed by atoms with Gasteiger partial charge in [-0.1, -0.05) is 0 Å². The molecule has 1 fully saturated rings. The van der Waals surface area contributed by atoms with Gasteiger partial charge in [-0.05, 0) is 28.1 Å². The second kappa shape index (κ2) is 6.60. The van der Waals surface area contributed by atoms with Gasteiger partial charge in [-0.25, -0.2) is 9.67 Å². The van der Waals surface area contributed by atoms with Crippen molar-refractivity contribution in [3.05, 3.63) is 44.9 Å². The number of aryl methyl sites for hydroxylation is 1. The van der Waals surface area contributed by atoms with Crippen molar-refractivity contribution in [1.29, 1.82) is 0 Å². The summed E-state index contributed by atoms with van der Waals surface area (Å²) in [5.41, 5.74) is 6.44. The van der Waals surface area contributed by atoms with E-state index in [4.69, 9.17) is 5.73 Å². The number of primary amides is 1. The summed E-state index contributed by atoms with van der Waals surface area (Å²) in [6.07, 6.45) is 3.33. The summed E-state index contributed by atoms with van der Waals surface area (Å²) in [6.45, 7) is 2.70. The summed E-state index contributed by atoms with van der Waals surface area (Å²) in [4.78, 5) is 32.0. The lowest BCUT2D eigenvalue weighted by Gasteiger charge is -2.37. The van der Waals surface area contributed by atoms with Gasteiger partial charge >= 0.3 is 0 Å². The molecule has 1 aliphatic rings. The number of amides is 1. The van der Waals surface area contributed by atoms with E-state index in [1.165, 1.54) is 4.68 Å². The van der Waals surface area contributed by atoms with E-state index in [9.17, 15) is 9.59 Å². The minimum atomic E-state index is -0.487. The zero-order valence-electron chi connectivity index (χ0n) is 13.1. The van der Waals surface area contributed by atoms with E-state index >= 15 is 0 Å². The van der Waals surface area contributed by atoms with E-state index in [1.807, 2.05) is 4.90 Å². The standard InChI is InChI=1S/C15H17BrN6O2/c1-20-15(24)12(16)11(9-19-20)21-5-7-22(8-6-21)14-10(13(17)23)3-2-4-18-14/h2-4,9H,5-8H2,1H3,(H2,17,23). The molecule has 24 heavy (non-hydrogen) atoms. The van der Waals surface area contributed by atoms with Crippen LogP contribution in [0.15, 0.2) is 33.8 Å². The molecule has 0 aromatic carbocycles. The molecule has 0 bridgehead atoms. The number of hydrogen-bond acceptors (Lipinski definition) is 6. The quantitative estimate of drug-likeness (QED) is 0.809. The number of halogens is 1. The maximum absolute atomic E-state index is 12.0. The Balaban J connectivity index is 1.79. The molecule has 1 amide bonds. The highest BCUT2D eigenvalue weighted by atomic mass is 79.9. The van der Waals surface area contributed by atoms with Crippen LogP contribution in [0.3, 0.4) is 0 Å². The minimum Gasteiger partial charge on any atom is -0.366 e. The predicted molar refractivity (Wildman–Crippen MR) is 94.4 cm³/mol. The van der Waals surface area contributed by atoms with Crippen LogP contribution in [0.2, 0.25) is 0 Å². The van der Waals surface area contributed by atoms with Gasteiger partial charge in [0.2, 0.25) is 0 Å². The number of pyridine rings is 1. The van der Waals surface area contributed by atoms with E-state index in [2.05, 4.69) is 30.9 Å². The molecule has 126 valence electrons. The molecule has 0 spiro atoms. The molecule has 8 nitrogen and oxygen atoms in total. The van der Waals surface area contributed by atoms with E-state index < -0.39 is 5.91 Å². The molecule has 0 aliphatic carbocycles. The molecule has 2 aromatic heterocycles. The molecule has 3 heterocycles. The van der Waals surface area contributed by atoms with Gasteiger partial charge in [0, 0.05) is 39.4 Å². The first-order chi connectivity index (χ1) is 11.5. The second-order valence-electron chi connectivity index (χ2n) is 5.49. The number of aromatic nitrogens is 3. The van der Waals surface area contributed by atoms with Gasteiger partial charge in [0.15, 0.2) is 0 Å². The van der Waals surface area contributed by atoms with Gasteiger partial charge in [0.25, 0.3) is 11.5 Å². The number of rotatable bonds is 3. The van der Waals surface area contributed by atoms with Crippen LogP contribution in [0.1, 0.15) is 10.4 Å². The van der Waals surface area contributed by atoms with E-state index in [-0.39, 0.29) is 5.56 Å². The normalized spacial score (nSPS) is 14.8. The van der Waals surface area contributed by atoms with Gasteiger partial charge in [-0.15, -0.1) is 0 Å². The number of carbonyl (C=O) groups excluding carboxylic acids is 1. The predicted octanol–water partition coefficient (Wildman–Crippen LogP) is 0.363. The van der Waals surface area contributed by atoms with Crippen LogP contribution in [0.5, 0.6) is 0 Å². The highest BCUT2D eigenvalue weighted by Crippen LogP contribution is 2.25. The van der Waals surface area contributed by atoms with Crippen molar-refractivity contribution in [3.8, 4) is 0 Å². The summed E-state index contributed by atoms with van der Waals surface area (Å²) < 4.78 is 1.79. The summed E-state index contributed by atoms with van der Waals surface area (Å²) in [5, 5.41) is 4.07. The van der Waals surface area contributed by atoms with Crippen molar-refractivity contribution in [2.24, 2.45) is 12.8 Å². The molecule has 0 unspecified atom stereocenters. The number of anilines is 2. The van der Waals surface area contributed by atoms with Crippen LogP contribution in [-0.4, -0.2) is 46.9 Å². The Bertz CT molecular complexity index is 829. The minimum absolute atomic E-state index is 0.171. The average molecular weight is 393 g/mol. The Morgan fingerprint density at radius 2 is 1.92 bits per heavy atom. The molecule has 2 aromatic rings. The van der Waals surface area contributed by atoms with Crippen LogP contribution < -0.4 is 21.1 Å². The third-order valence-corrected chi connectivity index (χ3v) is 4.78. The number of nitrogens with zero attached hydrogens (tertiary/aromatic N) is 5. The summed E-state index contributed by atoms with van der Waals surface area (Å²) >= 11 is 3.36. The third kappa shape index (κ3) is 2.99. The number of nitrogens with two attached hydrogens (primary N) is 1. The van der Waals surface area contributed by atoms with Gasteiger partial charge < -0.3 is 15.5 Å². The van der Waals surface area contributed by atoms with E-state index in [0.717, 1.165) is 5.69 Å². The first-order valence-corrected chi connectivity index (χ1v) is 8.25. The lowest BCUT2D eigenvalue weighted by atomic mass is 10.2. The van der Waals surface area contributed by atoms with Crippen LogP contribution in [0.25, 0.3) is 0 Å². The highest BCUT2D eigenvalue weighted by Gasteiger charge is 2.23. The second-order valence-corrected chi connectivity index (χ2v) is 6.28. The molecule has 1 saturated heterocycles. The van der Waals surface area contributed by atoms with Crippen LogP contribution in [0, 0.1) is 0 Å². The first-order valence-electron chi connectivity index (χ1n) is 7.45. The molecule has 0 saturated carbocycles. The van der Waals surface area contributed by atoms with Gasteiger partial charge in [-0.3, -0.25) is 9.59 Å². The monoisotopic (exact) mass is 392 g/mol. The molecule has 3 rings (SSSR count). The Hall–Kier alpha value is -2.42. The number of hydrogen-bond donors (Lipinski definition) is 1. The Morgan fingerprint density at radius 1 is 1.25 bits per heavy atom. The summed E-state index contributed by atoms with van der Waals surface area (Å²) in [5.74, 6) is 0.116. The maximum atomic E-state index is 12.0. The smallest absolute Gasteiger partial charge is 0.282 e. The van der Waals surface area contributed by atoms with Crippen LogP contribution >= 0.6 is 15.9 Å². The van der Waals surface area contributed by atoms with Crippen molar-refractivity contribution in [2.75, 3.05) is 36.0 Å². The lowest BCUT2D eigenvalue weighted by Crippen LogP contribution is -2.48. The van der Waals surface area contributed by atoms with Crippen molar-refractivity contribution in [3.63, 3.8) is 0 Å². The molecular formula is C15H17BrN6O2. The van der Waals surface area contributed by atoms with Gasteiger partial charge in [0.05, 0.1) is 17.4 Å². The number of piperazine rings is 1. The van der Waals surface area contributed by atoms with Gasteiger partial charge in [0.1, 0.15) is 10.3 Å². The van der Waals surface area contributed by atoms with E-state index in [1.54, 1.807) is 31.6 Å². The fourth-order valence-electron chi connectivity index (χ4n) is 2.72. The Kier molecular flexibility index (Phi) is 4.52. The van der Waals surface area contributed by atoms with Crippen LogP contribution in [-0.2, 0) is 7.05 Å². The van der Waals surface area contributed by atoms with Crippen molar-refractivity contribution < 1.29 is 4.79 Å². The molecule has 0 atom stereocenters. The summed E-state index contributed by atoms with van der Waals surface area (Å²) in [7, 11) is 1.61. The fraction of sp³-hybridized carbons (Fsp3) is 0.333. The SMILES string of the molecule is Cn1ncc(N2CCN(c3ncccc3C(N)=O)CC2)c(Br)c1=O. The van der Waals surface area contributed by atoms with E-state index in [0.29, 0.717) is 42.0 Å². The Labute approximate surface area is 147 Å². The molecule has 2 N–H and O–H groups in total. The molecule has 1 aliphatic heterocycles.